The summed E-state index contributed by atoms with van der Waals surface area (Å²) in [6.45, 7) is 0.631. The van der Waals surface area contributed by atoms with Gasteiger partial charge in [0.2, 0.25) is 0 Å². The van der Waals surface area contributed by atoms with Gasteiger partial charge in [-0.15, -0.1) is 0 Å². The topological polar surface area (TPSA) is 53.2 Å². The number of carbonyl (C=O) groups is 1. The highest BCUT2D eigenvalue weighted by atomic mass is 16.2. The maximum atomic E-state index is 12.3. The number of nitrogens with one attached hydrogen (secondary N) is 1. The second-order valence-electron chi connectivity index (χ2n) is 4.26. The second-order valence-corrected chi connectivity index (χ2v) is 4.26. The number of rotatable bonds is 1. The molecule has 4 heteroatoms. The van der Waals surface area contributed by atoms with Crippen molar-refractivity contribution < 1.29 is 4.79 Å². The maximum Gasteiger partial charge on any atom is 0.263 e. The maximum absolute atomic E-state index is 12.3. The van der Waals surface area contributed by atoms with Crippen LogP contribution >= 0.6 is 0 Å². The largest absolute Gasteiger partial charge is 0.367 e. The van der Waals surface area contributed by atoms with Crippen LogP contribution in [-0.4, -0.2) is 17.4 Å². The molecule has 1 amide bonds. The molecule has 4 nitrogen and oxygen atoms in total. The van der Waals surface area contributed by atoms with Crippen molar-refractivity contribution in [2.75, 3.05) is 11.4 Å². The third kappa shape index (κ3) is 1.62. The molecule has 1 aromatic carbocycles. The number of hydrogen-bond acceptors (Lipinski definition) is 2. The number of nitrogens with zero attached hydrogens (tertiary/aromatic N) is 1. The SMILES string of the molecule is O=C(c1c[nH]ccc1=O)N1CCc2ccccc21. The van der Waals surface area contributed by atoms with E-state index in [2.05, 4.69) is 4.98 Å². The van der Waals surface area contributed by atoms with Crippen LogP contribution in [0.25, 0.3) is 0 Å². The number of hydrogen-bond donors (Lipinski definition) is 1. The first kappa shape index (κ1) is 10.8. The van der Waals surface area contributed by atoms with Gasteiger partial charge in [-0.05, 0) is 18.1 Å². The smallest absolute Gasteiger partial charge is 0.263 e. The number of aromatic amines is 1. The van der Waals surface area contributed by atoms with Gasteiger partial charge in [-0.1, -0.05) is 18.2 Å². The van der Waals surface area contributed by atoms with E-state index in [9.17, 15) is 9.59 Å². The quantitative estimate of drug-likeness (QED) is 0.822. The summed E-state index contributed by atoms with van der Waals surface area (Å²) in [6.07, 6.45) is 3.83. The summed E-state index contributed by atoms with van der Waals surface area (Å²) in [4.78, 5) is 28.4. The first-order valence-corrected chi connectivity index (χ1v) is 5.84. The van der Waals surface area contributed by atoms with E-state index in [1.54, 1.807) is 4.90 Å². The first-order valence-electron chi connectivity index (χ1n) is 5.84. The lowest BCUT2D eigenvalue weighted by Crippen LogP contribution is -2.32. The van der Waals surface area contributed by atoms with Crippen molar-refractivity contribution in [2.45, 2.75) is 6.42 Å². The molecule has 1 aliphatic heterocycles. The van der Waals surface area contributed by atoms with E-state index in [0.717, 1.165) is 17.7 Å². The molecule has 3 rings (SSSR count). The van der Waals surface area contributed by atoms with Gasteiger partial charge in [0, 0.05) is 30.7 Å². The van der Waals surface area contributed by atoms with Crippen LogP contribution in [0.3, 0.4) is 0 Å². The van der Waals surface area contributed by atoms with Crippen LogP contribution in [0.15, 0.2) is 47.5 Å². The average molecular weight is 240 g/mol. The molecule has 0 bridgehead atoms. The van der Waals surface area contributed by atoms with Crippen molar-refractivity contribution in [2.24, 2.45) is 0 Å². The van der Waals surface area contributed by atoms with E-state index in [0.29, 0.717) is 6.54 Å². The third-order valence-corrected chi connectivity index (χ3v) is 3.19. The molecular formula is C14H12N2O2. The Morgan fingerprint density at radius 2 is 2.06 bits per heavy atom. The standard InChI is InChI=1S/C14H12N2O2/c17-13-5-7-15-9-11(13)14(18)16-8-6-10-3-1-2-4-12(10)16/h1-5,7,9H,6,8H2,(H,15,17). The Balaban J connectivity index is 2.01. The summed E-state index contributed by atoms with van der Waals surface area (Å²) in [6, 6.07) is 9.16. The molecule has 90 valence electrons. The number of pyridine rings is 1. The number of carbonyl (C=O) groups excluding carboxylic acids is 1. The summed E-state index contributed by atoms with van der Waals surface area (Å²) in [5.74, 6) is -0.234. The molecule has 0 saturated heterocycles. The van der Waals surface area contributed by atoms with Gasteiger partial charge in [-0.25, -0.2) is 0 Å². The fraction of sp³-hybridized carbons (Fsp3) is 0.143. The van der Waals surface area contributed by atoms with Crippen LogP contribution in [0.1, 0.15) is 15.9 Å². The number of para-hydroxylation sites is 1. The minimum atomic E-state index is -0.247. The summed E-state index contributed by atoms with van der Waals surface area (Å²) >= 11 is 0. The van der Waals surface area contributed by atoms with E-state index in [4.69, 9.17) is 0 Å². The molecule has 0 saturated carbocycles. The van der Waals surface area contributed by atoms with Gasteiger partial charge in [-0.3, -0.25) is 9.59 Å². The van der Waals surface area contributed by atoms with Gasteiger partial charge < -0.3 is 9.88 Å². The molecule has 0 fully saturated rings. The lowest BCUT2D eigenvalue weighted by Gasteiger charge is -2.16. The van der Waals surface area contributed by atoms with Crippen molar-refractivity contribution in [1.82, 2.24) is 4.98 Å². The van der Waals surface area contributed by atoms with Gasteiger partial charge >= 0.3 is 0 Å². The summed E-state index contributed by atoms with van der Waals surface area (Å²) in [5, 5.41) is 0. The molecule has 2 aromatic rings. The molecule has 0 unspecified atom stereocenters. The molecule has 1 aromatic heterocycles. The second kappa shape index (κ2) is 4.14. The Bertz CT molecular complexity index is 661. The fourth-order valence-electron chi connectivity index (χ4n) is 2.28. The van der Waals surface area contributed by atoms with E-state index >= 15 is 0 Å². The van der Waals surface area contributed by atoms with E-state index in [1.165, 1.54) is 18.5 Å². The zero-order chi connectivity index (χ0) is 12.5. The molecule has 0 aliphatic carbocycles. The minimum absolute atomic E-state index is 0.189. The van der Waals surface area contributed by atoms with Crippen molar-refractivity contribution in [3.8, 4) is 0 Å². The number of aromatic nitrogens is 1. The minimum Gasteiger partial charge on any atom is -0.367 e. The van der Waals surface area contributed by atoms with Crippen LogP contribution in [0.5, 0.6) is 0 Å². The molecule has 0 spiro atoms. The zero-order valence-corrected chi connectivity index (χ0v) is 9.72. The lowest BCUT2D eigenvalue weighted by atomic mass is 10.2. The van der Waals surface area contributed by atoms with Crippen molar-refractivity contribution in [1.29, 1.82) is 0 Å². The van der Waals surface area contributed by atoms with Crippen molar-refractivity contribution in [3.05, 3.63) is 64.1 Å². The zero-order valence-electron chi connectivity index (χ0n) is 9.72. The number of benzene rings is 1. The Morgan fingerprint density at radius 1 is 1.22 bits per heavy atom. The highest BCUT2D eigenvalue weighted by Gasteiger charge is 2.26. The number of anilines is 1. The van der Waals surface area contributed by atoms with Crippen LogP contribution in [0.4, 0.5) is 5.69 Å². The molecule has 0 radical (unpaired) electrons. The molecular weight excluding hydrogens is 228 g/mol. The van der Waals surface area contributed by atoms with Crippen LogP contribution < -0.4 is 10.3 Å². The van der Waals surface area contributed by atoms with Crippen LogP contribution in [-0.2, 0) is 6.42 Å². The average Bonchev–Trinajstić information content (AvgIpc) is 2.82. The molecule has 1 N–H and O–H groups in total. The first-order chi connectivity index (χ1) is 8.77. The summed E-state index contributed by atoms with van der Waals surface area (Å²) < 4.78 is 0. The van der Waals surface area contributed by atoms with Gasteiger partial charge in [0.15, 0.2) is 5.43 Å². The van der Waals surface area contributed by atoms with Gasteiger partial charge in [-0.2, -0.15) is 0 Å². The van der Waals surface area contributed by atoms with Gasteiger partial charge in [0.25, 0.3) is 5.91 Å². The number of H-pyrrole nitrogens is 1. The highest BCUT2D eigenvalue weighted by molar-refractivity contribution is 6.07. The van der Waals surface area contributed by atoms with E-state index in [1.807, 2.05) is 24.3 Å². The highest BCUT2D eigenvalue weighted by Crippen LogP contribution is 2.28. The molecule has 2 heterocycles. The predicted octanol–water partition coefficient (Wildman–Crippen LogP) is 1.58. The Morgan fingerprint density at radius 3 is 2.89 bits per heavy atom. The Kier molecular flexibility index (Phi) is 2.48. The third-order valence-electron chi connectivity index (χ3n) is 3.19. The summed E-state index contributed by atoms with van der Waals surface area (Å²) in [7, 11) is 0. The Labute approximate surface area is 104 Å². The van der Waals surface area contributed by atoms with Crippen molar-refractivity contribution >= 4 is 11.6 Å². The van der Waals surface area contributed by atoms with Gasteiger partial charge in [0.1, 0.15) is 5.56 Å². The van der Waals surface area contributed by atoms with E-state index < -0.39 is 0 Å². The van der Waals surface area contributed by atoms with Crippen LogP contribution in [0, 0.1) is 0 Å². The van der Waals surface area contributed by atoms with Crippen molar-refractivity contribution in [3.63, 3.8) is 0 Å². The molecule has 1 aliphatic rings. The molecule has 18 heavy (non-hydrogen) atoms. The fourth-order valence-corrected chi connectivity index (χ4v) is 2.28. The monoisotopic (exact) mass is 240 g/mol. The molecule has 0 atom stereocenters. The number of fused-ring (bicyclic) bond motifs is 1. The van der Waals surface area contributed by atoms with E-state index in [-0.39, 0.29) is 16.9 Å². The van der Waals surface area contributed by atoms with Gasteiger partial charge in [0.05, 0.1) is 0 Å². The van der Waals surface area contributed by atoms with Crippen LogP contribution in [0.2, 0.25) is 0 Å². The normalized spacial score (nSPS) is 13.4. The number of amides is 1. The predicted molar refractivity (Wildman–Crippen MR) is 68.9 cm³/mol. The Hall–Kier alpha value is -2.36. The summed E-state index contributed by atoms with van der Waals surface area (Å²) in [5.41, 5.74) is 2.00. The lowest BCUT2D eigenvalue weighted by molar-refractivity contribution is 0.0988.